The number of benzene rings is 2. The highest BCUT2D eigenvalue weighted by molar-refractivity contribution is 5.95. The number of hydrogen-bond donors (Lipinski definition) is 1. The zero-order valence-electron chi connectivity index (χ0n) is 18.1. The average molecular weight is 461 g/mol. The maximum absolute atomic E-state index is 12.4. The number of esters is 1. The Morgan fingerprint density at radius 1 is 1.06 bits per heavy atom. The molecule has 3 aromatic rings. The fourth-order valence-electron chi connectivity index (χ4n) is 3.17. The van der Waals surface area contributed by atoms with Crippen molar-refractivity contribution < 1.29 is 32.2 Å². The van der Waals surface area contributed by atoms with Gasteiger partial charge in [0.1, 0.15) is 5.75 Å². The van der Waals surface area contributed by atoms with Gasteiger partial charge in [-0.3, -0.25) is 9.59 Å². The van der Waals surface area contributed by atoms with Gasteiger partial charge in [-0.25, -0.2) is 4.68 Å². The highest BCUT2D eigenvalue weighted by atomic mass is 19.4. The van der Waals surface area contributed by atoms with Crippen molar-refractivity contribution in [2.75, 3.05) is 5.32 Å². The first-order valence-corrected chi connectivity index (χ1v) is 10.00. The van der Waals surface area contributed by atoms with Crippen LogP contribution >= 0.6 is 0 Å². The fourth-order valence-corrected chi connectivity index (χ4v) is 3.17. The second kappa shape index (κ2) is 9.76. The molecule has 7 nitrogen and oxygen atoms in total. The van der Waals surface area contributed by atoms with Gasteiger partial charge in [-0.1, -0.05) is 18.2 Å². The number of carbonyl (C=O) groups excluding carboxylic acids is 2. The second-order valence-corrected chi connectivity index (χ2v) is 7.27. The molecule has 1 heterocycles. The summed E-state index contributed by atoms with van der Waals surface area (Å²) in [6, 6.07) is 14.1. The number of carbonyl (C=O) groups is 2. The summed E-state index contributed by atoms with van der Waals surface area (Å²) in [6.45, 7) is 5.04. The Morgan fingerprint density at radius 2 is 1.70 bits per heavy atom. The number of aryl methyl sites for hydroxylation is 1. The summed E-state index contributed by atoms with van der Waals surface area (Å²) in [7, 11) is 0. The number of amides is 1. The second-order valence-electron chi connectivity index (χ2n) is 7.27. The number of ether oxygens (including phenoxy) is 2. The lowest BCUT2D eigenvalue weighted by molar-refractivity contribution is -0.274. The summed E-state index contributed by atoms with van der Waals surface area (Å²) < 4.78 is 47.4. The molecule has 10 heteroatoms. The van der Waals surface area contributed by atoms with Crippen molar-refractivity contribution in [3.8, 4) is 11.4 Å². The summed E-state index contributed by atoms with van der Waals surface area (Å²) in [6.07, 6.45) is -5.98. The van der Waals surface area contributed by atoms with Crippen LogP contribution in [0, 0.1) is 13.8 Å². The van der Waals surface area contributed by atoms with Crippen molar-refractivity contribution in [2.24, 2.45) is 0 Å². The number of nitrogens with one attached hydrogen (secondary N) is 1. The molecule has 3 rings (SSSR count). The van der Waals surface area contributed by atoms with Crippen LogP contribution < -0.4 is 10.1 Å². The first-order chi connectivity index (χ1) is 15.5. The Balaban J connectivity index is 1.58. The van der Waals surface area contributed by atoms with Crippen LogP contribution in [0.3, 0.4) is 0 Å². The average Bonchev–Trinajstić information content (AvgIpc) is 3.03. The molecule has 0 radical (unpaired) electrons. The van der Waals surface area contributed by atoms with Crippen molar-refractivity contribution in [1.29, 1.82) is 0 Å². The molecule has 2 aromatic carbocycles. The largest absolute Gasteiger partial charge is 0.573 e. The van der Waals surface area contributed by atoms with Crippen LogP contribution in [0.25, 0.3) is 5.69 Å². The standard InChI is InChI=1S/C23H22F3N3O4/c1-14-20(15(2)29(28-14)18-7-5-4-6-8-18)13-21(30)32-16(3)22(31)27-17-9-11-19(12-10-17)33-23(24,25)26/h4-12,16H,13H2,1-3H3,(H,27,31). The van der Waals surface area contributed by atoms with Crippen molar-refractivity contribution in [2.45, 2.75) is 39.7 Å². The van der Waals surface area contributed by atoms with E-state index in [2.05, 4.69) is 15.2 Å². The van der Waals surface area contributed by atoms with Crippen molar-refractivity contribution >= 4 is 17.6 Å². The van der Waals surface area contributed by atoms with E-state index in [0.717, 1.165) is 23.5 Å². The molecule has 1 amide bonds. The minimum absolute atomic E-state index is 0.0639. The van der Waals surface area contributed by atoms with Crippen molar-refractivity contribution in [3.63, 3.8) is 0 Å². The third kappa shape index (κ3) is 6.34. The molecule has 33 heavy (non-hydrogen) atoms. The van der Waals surface area contributed by atoms with Crippen LogP contribution in [-0.2, 0) is 20.7 Å². The molecule has 1 atom stereocenters. The predicted molar refractivity (Wildman–Crippen MR) is 114 cm³/mol. The van der Waals surface area contributed by atoms with Crippen LogP contribution in [-0.4, -0.2) is 34.1 Å². The number of anilines is 1. The number of hydrogen-bond acceptors (Lipinski definition) is 5. The zero-order chi connectivity index (χ0) is 24.2. The van der Waals surface area contributed by atoms with Gasteiger partial charge in [-0.2, -0.15) is 5.10 Å². The lowest BCUT2D eigenvalue weighted by atomic mass is 10.1. The van der Waals surface area contributed by atoms with E-state index in [-0.39, 0.29) is 12.1 Å². The highest BCUT2D eigenvalue weighted by Crippen LogP contribution is 2.24. The van der Waals surface area contributed by atoms with Gasteiger partial charge >= 0.3 is 12.3 Å². The van der Waals surface area contributed by atoms with Gasteiger partial charge in [0.15, 0.2) is 6.10 Å². The minimum atomic E-state index is -4.80. The molecule has 1 unspecified atom stereocenters. The number of alkyl halides is 3. The van der Waals surface area contributed by atoms with Gasteiger partial charge in [0.05, 0.1) is 17.8 Å². The zero-order valence-corrected chi connectivity index (χ0v) is 18.1. The number of aromatic nitrogens is 2. The topological polar surface area (TPSA) is 82.5 Å². The number of halogens is 3. The first kappa shape index (κ1) is 23.8. The van der Waals surface area contributed by atoms with Crippen LogP contribution in [0.1, 0.15) is 23.9 Å². The first-order valence-electron chi connectivity index (χ1n) is 10.00. The molecule has 0 bridgehead atoms. The van der Waals surface area contributed by atoms with E-state index >= 15 is 0 Å². The molecular formula is C23H22F3N3O4. The lowest BCUT2D eigenvalue weighted by Gasteiger charge is -2.14. The van der Waals surface area contributed by atoms with Gasteiger partial charge < -0.3 is 14.8 Å². The predicted octanol–water partition coefficient (Wildman–Crippen LogP) is 4.50. The van der Waals surface area contributed by atoms with E-state index in [9.17, 15) is 22.8 Å². The number of nitrogens with zero attached hydrogens (tertiary/aromatic N) is 2. The molecule has 0 spiro atoms. The van der Waals surface area contributed by atoms with E-state index in [4.69, 9.17) is 4.74 Å². The summed E-state index contributed by atoms with van der Waals surface area (Å²) in [5.74, 6) is -1.64. The van der Waals surface area contributed by atoms with Crippen LogP contribution in [0.4, 0.5) is 18.9 Å². The number of rotatable bonds is 7. The number of para-hydroxylation sites is 1. The van der Waals surface area contributed by atoms with Gasteiger partial charge in [0.2, 0.25) is 0 Å². The SMILES string of the molecule is Cc1nn(-c2ccccc2)c(C)c1CC(=O)OC(C)C(=O)Nc1ccc(OC(F)(F)F)cc1. The molecule has 1 aromatic heterocycles. The molecular weight excluding hydrogens is 439 g/mol. The van der Waals surface area contributed by atoms with Gasteiger partial charge in [0, 0.05) is 16.9 Å². The Labute approximate surface area is 188 Å². The summed E-state index contributed by atoms with van der Waals surface area (Å²) in [4.78, 5) is 24.8. The van der Waals surface area contributed by atoms with E-state index < -0.39 is 30.1 Å². The Morgan fingerprint density at radius 3 is 2.30 bits per heavy atom. The minimum Gasteiger partial charge on any atom is -0.452 e. The Hall–Kier alpha value is -3.82. The van der Waals surface area contributed by atoms with Gasteiger partial charge in [-0.05, 0) is 57.2 Å². The van der Waals surface area contributed by atoms with Gasteiger partial charge in [-0.15, -0.1) is 13.2 Å². The van der Waals surface area contributed by atoms with Gasteiger partial charge in [0.25, 0.3) is 5.91 Å². The molecule has 0 aliphatic heterocycles. The Bertz CT molecular complexity index is 1130. The smallest absolute Gasteiger partial charge is 0.452 e. The molecule has 1 N–H and O–H groups in total. The van der Waals surface area contributed by atoms with Crippen molar-refractivity contribution in [1.82, 2.24) is 9.78 Å². The van der Waals surface area contributed by atoms with Crippen LogP contribution in [0.15, 0.2) is 54.6 Å². The van der Waals surface area contributed by atoms with Crippen molar-refractivity contribution in [3.05, 3.63) is 71.5 Å². The fraction of sp³-hybridized carbons (Fsp3) is 0.261. The third-order valence-corrected chi connectivity index (χ3v) is 4.80. The monoisotopic (exact) mass is 461 g/mol. The lowest BCUT2D eigenvalue weighted by Crippen LogP contribution is -2.30. The molecule has 0 fully saturated rings. The normalized spacial score (nSPS) is 12.2. The van der Waals surface area contributed by atoms with E-state index in [1.54, 1.807) is 11.6 Å². The molecule has 174 valence electrons. The third-order valence-electron chi connectivity index (χ3n) is 4.80. The van der Waals surface area contributed by atoms with E-state index in [1.165, 1.54) is 19.1 Å². The molecule has 0 saturated heterocycles. The Kier molecular flexibility index (Phi) is 7.05. The summed E-state index contributed by atoms with van der Waals surface area (Å²) in [5, 5.41) is 6.96. The van der Waals surface area contributed by atoms with E-state index in [1.807, 2.05) is 37.3 Å². The van der Waals surface area contributed by atoms with Crippen LogP contribution in [0.2, 0.25) is 0 Å². The molecule has 0 saturated carbocycles. The summed E-state index contributed by atoms with van der Waals surface area (Å²) in [5.41, 5.74) is 3.25. The summed E-state index contributed by atoms with van der Waals surface area (Å²) >= 11 is 0. The molecule has 0 aliphatic carbocycles. The molecule has 0 aliphatic rings. The maximum Gasteiger partial charge on any atom is 0.573 e. The van der Waals surface area contributed by atoms with E-state index in [0.29, 0.717) is 11.3 Å². The highest BCUT2D eigenvalue weighted by Gasteiger charge is 2.31. The van der Waals surface area contributed by atoms with Crippen LogP contribution in [0.5, 0.6) is 5.75 Å². The quantitative estimate of drug-likeness (QED) is 0.524. The maximum atomic E-state index is 12.4.